The number of aliphatic hydroxyl groups is 1. The maximum absolute atomic E-state index is 9.63. The van der Waals surface area contributed by atoms with Gasteiger partial charge in [-0.05, 0) is 20.8 Å². The minimum Gasteiger partial charge on any atom is -0.392 e. The van der Waals surface area contributed by atoms with Crippen LogP contribution in [0.1, 0.15) is 20.8 Å². The van der Waals surface area contributed by atoms with E-state index in [2.05, 4.69) is 23.6 Å². The third kappa shape index (κ3) is 1.39. The second-order valence-corrected chi connectivity index (χ2v) is 4.52. The molecule has 3 fully saturated rings. The summed E-state index contributed by atoms with van der Waals surface area (Å²) in [6.07, 6.45) is -0.197. The van der Waals surface area contributed by atoms with Crippen molar-refractivity contribution in [1.29, 1.82) is 0 Å². The maximum Gasteiger partial charge on any atom is 0.0679 e. The lowest BCUT2D eigenvalue weighted by Crippen LogP contribution is -2.70. The van der Waals surface area contributed by atoms with Crippen LogP contribution in [0, 0.1) is 0 Å². The van der Waals surface area contributed by atoms with Crippen molar-refractivity contribution in [3.63, 3.8) is 0 Å². The smallest absolute Gasteiger partial charge is 0.0679 e. The van der Waals surface area contributed by atoms with Crippen LogP contribution in [0.2, 0.25) is 0 Å². The van der Waals surface area contributed by atoms with Crippen LogP contribution < -0.4 is 0 Å². The molecule has 0 spiro atoms. The quantitative estimate of drug-likeness (QED) is 0.628. The molecule has 3 heterocycles. The van der Waals surface area contributed by atoms with E-state index in [1.54, 1.807) is 0 Å². The predicted octanol–water partition coefficient (Wildman–Crippen LogP) is 0.144. The van der Waals surface area contributed by atoms with Gasteiger partial charge in [-0.25, -0.2) is 0 Å². The molecule has 0 saturated carbocycles. The Morgan fingerprint density at radius 3 is 2.46 bits per heavy atom. The molecule has 3 saturated heterocycles. The lowest BCUT2D eigenvalue weighted by molar-refractivity contribution is -0.0965. The van der Waals surface area contributed by atoms with Gasteiger partial charge in [-0.15, -0.1) is 0 Å². The Morgan fingerprint density at radius 1 is 1.23 bits per heavy atom. The Morgan fingerprint density at radius 2 is 1.92 bits per heavy atom. The van der Waals surface area contributed by atoms with Crippen molar-refractivity contribution < 1.29 is 5.11 Å². The fourth-order valence-corrected chi connectivity index (χ4v) is 2.73. The number of aliphatic hydroxyl groups excluding tert-OH is 1. The highest BCUT2D eigenvalue weighted by molar-refractivity contribution is 4.98. The largest absolute Gasteiger partial charge is 0.392 e. The van der Waals surface area contributed by atoms with Gasteiger partial charge in [0.25, 0.3) is 0 Å². The van der Waals surface area contributed by atoms with E-state index in [-0.39, 0.29) is 6.10 Å². The Labute approximate surface area is 80.3 Å². The van der Waals surface area contributed by atoms with Crippen LogP contribution >= 0.6 is 0 Å². The lowest BCUT2D eigenvalue weighted by Gasteiger charge is -2.56. The average Bonchev–Trinajstić information content (AvgIpc) is 2.12. The Bertz CT molecular complexity index is 193. The van der Waals surface area contributed by atoms with Crippen molar-refractivity contribution in [1.82, 2.24) is 9.80 Å². The van der Waals surface area contributed by atoms with Crippen molar-refractivity contribution in [2.24, 2.45) is 0 Å². The number of rotatable bonds is 1. The summed E-state index contributed by atoms with van der Waals surface area (Å²) in [7, 11) is 0. The van der Waals surface area contributed by atoms with Gasteiger partial charge in [-0.2, -0.15) is 0 Å². The molecular formula is C10H20N2O. The van der Waals surface area contributed by atoms with Crippen molar-refractivity contribution in [3.05, 3.63) is 0 Å². The molecule has 0 aliphatic carbocycles. The molecule has 76 valence electrons. The van der Waals surface area contributed by atoms with Crippen LogP contribution in [0.4, 0.5) is 0 Å². The Hall–Kier alpha value is -0.120. The van der Waals surface area contributed by atoms with Crippen LogP contribution in [0.25, 0.3) is 0 Å². The number of piperazine rings is 3. The predicted molar refractivity (Wildman–Crippen MR) is 52.7 cm³/mol. The van der Waals surface area contributed by atoms with Gasteiger partial charge in [0.1, 0.15) is 0 Å². The molecule has 6 atom stereocenters. The average molecular weight is 184 g/mol. The van der Waals surface area contributed by atoms with E-state index in [0.717, 1.165) is 13.1 Å². The number of nitrogens with zero attached hydrogens (tertiary/aromatic N) is 2. The molecule has 0 amide bonds. The highest BCUT2D eigenvalue weighted by Gasteiger charge is 2.42. The summed E-state index contributed by atoms with van der Waals surface area (Å²) in [6.45, 7) is 9.81. The minimum atomic E-state index is -0.197. The Kier molecular flexibility index (Phi) is 2.34. The van der Waals surface area contributed by atoms with Gasteiger partial charge < -0.3 is 5.11 Å². The van der Waals surface area contributed by atoms with Crippen molar-refractivity contribution in [2.75, 3.05) is 19.6 Å². The molecule has 0 aromatic carbocycles. The number of fused-ring (bicyclic) bond motifs is 3. The zero-order valence-electron chi connectivity index (χ0n) is 8.77. The molecule has 0 radical (unpaired) electrons. The third-order valence-corrected chi connectivity index (χ3v) is 3.85. The topological polar surface area (TPSA) is 26.7 Å². The van der Waals surface area contributed by atoms with Crippen LogP contribution in [-0.4, -0.2) is 58.8 Å². The first-order valence-corrected chi connectivity index (χ1v) is 5.29. The van der Waals surface area contributed by atoms with Gasteiger partial charge in [-0.1, -0.05) is 0 Å². The summed E-state index contributed by atoms with van der Waals surface area (Å²) >= 11 is 0. The standard InChI is InChI=1S/C10H20N2O/c1-7-8(2)12-5-4-11(7)6-10(12)9(3)13/h7-10,13H,4-6H2,1-3H3. The molecule has 6 unspecified atom stereocenters. The first-order chi connectivity index (χ1) is 6.11. The summed E-state index contributed by atoms with van der Waals surface area (Å²) in [5, 5.41) is 9.63. The van der Waals surface area contributed by atoms with E-state index < -0.39 is 0 Å². The summed E-state index contributed by atoms with van der Waals surface area (Å²) < 4.78 is 0. The molecule has 3 heteroatoms. The van der Waals surface area contributed by atoms with Crippen molar-refractivity contribution in [2.45, 2.75) is 45.0 Å². The molecule has 3 rings (SSSR count). The highest BCUT2D eigenvalue weighted by atomic mass is 16.3. The van der Waals surface area contributed by atoms with Crippen molar-refractivity contribution >= 4 is 0 Å². The van der Waals surface area contributed by atoms with Crippen molar-refractivity contribution in [3.8, 4) is 0 Å². The normalized spacial score (nSPS) is 52.2. The zero-order chi connectivity index (χ0) is 9.59. The Balaban J connectivity index is 2.14. The van der Waals surface area contributed by atoms with Crippen LogP contribution in [-0.2, 0) is 0 Å². The highest BCUT2D eigenvalue weighted by Crippen LogP contribution is 2.27. The summed E-state index contributed by atoms with van der Waals surface area (Å²) in [4.78, 5) is 4.97. The third-order valence-electron chi connectivity index (χ3n) is 3.85. The minimum absolute atomic E-state index is 0.197. The fourth-order valence-electron chi connectivity index (χ4n) is 2.73. The molecular weight excluding hydrogens is 164 g/mol. The van der Waals surface area contributed by atoms with E-state index in [1.165, 1.54) is 6.54 Å². The van der Waals surface area contributed by atoms with Gasteiger partial charge in [-0.3, -0.25) is 9.80 Å². The maximum atomic E-state index is 9.63. The molecule has 13 heavy (non-hydrogen) atoms. The van der Waals surface area contributed by atoms with Crippen LogP contribution in [0.5, 0.6) is 0 Å². The van der Waals surface area contributed by atoms with Gasteiger partial charge in [0.05, 0.1) is 6.10 Å². The monoisotopic (exact) mass is 184 g/mol. The zero-order valence-corrected chi connectivity index (χ0v) is 8.77. The van der Waals surface area contributed by atoms with Gasteiger partial charge in [0.15, 0.2) is 0 Å². The lowest BCUT2D eigenvalue weighted by atomic mass is 9.93. The summed E-state index contributed by atoms with van der Waals surface area (Å²) in [6, 6.07) is 1.62. The molecule has 3 aliphatic heterocycles. The molecule has 3 nitrogen and oxygen atoms in total. The van der Waals surface area contributed by atoms with E-state index >= 15 is 0 Å². The summed E-state index contributed by atoms with van der Waals surface area (Å²) in [5.74, 6) is 0. The van der Waals surface area contributed by atoms with Gasteiger partial charge >= 0.3 is 0 Å². The second kappa shape index (κ2) is 3.23. The molecule has 3 aliphatic rings. The van der Waals surface area contributed by atoms with E-state index in [4.69, 9.17) is 0 Å². The summed E-state index contributed by atoms with van der Waals surface area (Å²) in [5.41, 5.74) is 0. The molecule has 1 N–H and O–H groups in total. The fraction of sp³-hybridized carbons (Fsp3) is 1.00. The first kappa shape index (κ1) is 9.44. The van der Waals surface area contributed by atoms with E-state index in [9.17, 15) is 5.11 Å². The van der Waals surface area contributed by atoms with E-state index in [1.807, 2.05) is 6.92 Å². The van der Waals surface area contributed by atoms with E-state index in [0.29, 0.717) is 18.1 Å². The SMILES string of the molecule is CC(O)C1CN2CCN1C(C)C2C. The molecule has 0 aromatic rings. The van der Waals surface area contributed by atoms with Crippen LogP contribution in [0.15, 0.2) is 0 Å². The molecule has 2 bridgehead atoms. The molecule has 0 aromatic heterocycles. The first-order valence-electron chi connectivity index (χ1n) is 5.29. The van der Waals surface area contributed by atoms with Gasteiger partial charge in [0, 0.05) is 37.8 Å². The van der Waals surface area contributed by atoms with Gasteiger partial charge in [0.2, 0.25) is 0 Å². The second-order valence-electron chi connectivity index (χ2n) is 4.52. The number of hydrogen-bond acceptors (Lipinski definition) is 3. The number of hydrogen-bond donors (Lipinski definition) is 1. The van der Waals surface area contributed by atoms with Crippen LogP contribution in [0.3, 0.4) is 0 Å².